The van der Waals surface area contributed by atoms with Gasteiger partial charge in [-0.15, -0.1) is 0 Å². The van der Waals surface area contributed by atoms with Crippen LogP contribution in [0.3, 0.4) is 0 Å². The molecule has 0 heterocycles. The highest BCUT2D eigenvalue weighted by Gasteiger charge is 1.97. The minimum atomic E-state index is 0.596. The van der Waals surface area contributed by atoms with Crippen molar-refractivity contribution in [3.05, 3.63) is 35.7 Å². The molecular formula is C15H24N2. The van der Waals surface area contributed by atoms with Crippen LogP contribution in [0.1, 0.15) is 27.7 Å². The third kappa shape index (κ3) is 5.53. The SMILES string of the molecule is CC(C)CN=c1cccccc1NCC(C)C. The molecule has 0 atom stereocenters. The number of rotatable bonds is 5. The predicted octanol–water partition coefficient (Wildman–Crippen LogP) is 3.31. The summed E-state index contributed by atoms with van der Waals surface area (Å²) in [5.41, 5.74) is 1.13. The predicted molar refractivity (Wildman–Crippen MR) is 75.0 cm³/mol. The molecule has 0 saturated heterocycles. The van der Waals surface area contributed by atoms with E-state index in [9.17, 15) is 0 Å². The van der Waals surface area contributed by atoms with Gasteiger partial charge in [-0.25, -0.2) is 0 Å². The summed E-state index contributed by atoms with van der Waals surface area (Å²) in [5, 5.41) is 4.52. The fourth-order valence-electron chi connectivity index (χ4n) is 1.42. The lowest BCUT2D eigenvalue weighted by molar-refractivity contribution is 0.655. The van der Waals surface area contributed by atoms with E-state index in [0.29, 0.717) is 11.8 Å². The van der Waals surface area contributed by atoms with Crippen molar-refractivity contribution >= 4 is 5.69 Å². The molecule has 17 heavy (non-hydrogen) atoms. The van der Waals surface area contributed by atoms with Gasteiger partial charge in [0, 0.05) is 13.1 Å². The zero-order valence-corrected chi connectivity index (χ0v) is 11.4. The highest BCUT2D eigenvalue weighted by molar-refractivity contribution is 5.41. The van der Waals surface area contributed by atoms with Gasteiger partial charge in [-0.05, 0) is 24.0 Å². The van der Waals surface area contributed by atoms with Crippen LogP contribution in [-0.4, -0.2) is 13.1 Å². The van der Waals surface area contributed by atoms with E-state index in [0.717, 1.165) is 24.1 Å². The van der Waals surface area contributed by atoms with E-state index in [1.807, 2.05) is 12.1 Å². The molecule has 1 rings (SSSR count). The Kier molecular flexibility index (Phi) is 5.75. The van der Waals surface area contributed by atoms with Gasteiger partial charge in [0.05, 0.1) is 11.0 Å². The maximum Gasteiger partial charge on any atom is 0.0805 e. The summed E-state index contributed by atoms with van der Waals surface area (Å²) in [6.45, 7) is 10.7. The Morgan fingerprint density at radius 2 is 1.71 bits per heavy atom. The molecule has 1 aromatic carbocycles. The Hall–Kier alpha value is -1.31. The summed E-state index contributed by atoms with van der Waals surface area (Å²) < 4.78 is 0. The van der Waals surface area contributed by atoms with Crippen molar-refractivity contribution in [2.75, 3.05) is 18.4 Å². The maximum absolute atomic E-state index is 4.66. The maximum atomic E-state index is 4.66. The monoisotopic (exact) mass is 232 g/mol. The molecule has 0 aliphatic rings. The van der Waals surface area contributed by atoms with Crippen LogP contribution in [0.2, 0.25) is 0 Å². The van der Waals surface area contributed by atoms with E-state index >= 15 is 0 Å². The van der Waals surface area contributed by atoms with E-state index in [4.69, 9.17) is 0 Å². The first-order chi connectivity index (χ1) is 8.09. The second-order valence-electron chi connectivity index (χ2n) is 5.22. The molecule has 1 N–H and O–H groups in total. The summed E-state index contributed by atoms with van der Waals surface area (Å²) >= 11 is 0. The molecule has 0 unspecified atom stereocenters. The first-order valence-corrected chi connectivity index (χ1v) is 6.43. The summed E-state index contributed by atoms with van der Waals surface area (Å²) in [6, 6.07) is 10.3. The minimum Gasteiger partial charge on any atom is -0.383 e. The Labute approximate surface area is 105 Å². The van der Waals surface area contributed by atoms with Crippen molar-refractivity contribution in [2.24, 2.45) is 16.8 Å². The van der Waals surface area contributed by atoms with Gasteiger partial charge in [0.15, 0.2) is 0 Å². The van der Waals surface area contributed by atoms with E-state index in [-0.39, 0.29) is 0 Å². The van der Waals surface area contributed by atoms with E-state index in [1.165, 1.54) is 0 Å². The molecule has 0 fully saturated rings. The van der Waals surface area contributed by atoms with Crippen LogP contribution < -0.4 is 10.7 Å². The van der Waals surface area contributed by atoms with Crippen molar-refractivity contribution < 1.29 is 0 Å². The lowest BCUT2D eigenvalue weighted by atomic mass is 10.2. The molecule has 0 aliphatic heterocycles. The number of hydrogen-bond acceptors (Lipinski definition) is 2. The molecule has 94 valence electrons. The second kappa shape index (κ2) is 7.10. The summed E-state index contributed by atoms with van der Waals surface area (Å²) in [7, 11) is 0. The first kappa shape index (κ1) is 13.8. The van der Waals surface area contributed by atoms with Crippen molar-refractivity contribution in [3.8, 4) is 0 Å². The number of nitrogens with zero attached hydrogens (tertiary/aromatic N) is 1. The number of hydrogen-bond donors (Lipinski definition) is 1. The third-order valence-corrected chi connectivity index (χ3v) is 2.34. The molecule has 2 nitrogen and oxygen atoms in total. The van der Waals surface area contributed by atoms with E-state index in [1.54, 1.807) is 0 Å². The smallest absolute Gasteiger partial charge is 0.0805 e. The van der Waals surface area contributed by atoms with Crippen molar-refractivity contribution in [1.29, 1.82) is 0 Å². The second-order valence-corrected chi connectivity index (χ2v) is 5.22. The molecule has 0 saturated carbocycles. The normalized spacial score (nSPS) is 12.2. The molecule has 2 heteroatoms. The summed E-state index contributed by atoms with van der Waals surface area (Å²) in [4.78, 5) is 4.66. The standard InChI is InChI=1S/C15H24N2/c1-12(2)10-16-14-8-6-5-7-9-15(14)17-11-13(3)4/h5-9,12-13H,10-11H2,1-4H3,(H,16,17). The lowest BCUT2D eigenvalue weighted by Crippen LogP contribution is -2.15. The molecule has 0 radical (unpaired) electrons. The first-order valence-electron chi connectivity index (χ1n) is 6.43. The van der Waals surface area contributed by atoms with Gasteiger partial charge in [-0.3, -0.25) is 4.99 Å². The van der Waals surface area contributed by atoms with E-state index in [2.05, 4.69) is 56.2 Å². The van der Waals surface area contributed by atoms with Gasteiger partial charge in [-0.2, -0.15) is 0 Å². The Morgan fingerprint density at radius 1 is 1.00 bits per heavy atom. The fourth-order valence-corrected chi connectivity index (χ4v) is 1.42. The Bertz CT molecular complexity index is 394. The van der Waals surface area contributed by atoms with Crippen LogP contribution in [0.5, 0.6) is 0 Å². The highest BCUT2D eigenvalue weighted by atomic mass is 14.9. The van der Waals surface area contributed by atoms with Gasteiger partial charge in [0.1, 0.15) is 0 Å². The third-order valence-electron chi connectivity index (χ3n) is 2.34. The fraction of sp³-hybridized carbons (Fsp3) is 0.533. The summed E-state index contributed by atoms with van der Waals surface area (Å²) in [6.07, 6.45) is 0. The van der Waals surface area contributed by atoms with E-state index < -0.39 is 0 Å². The summed E-state index contributed by atoms with van der Waals surface area (Å²) in [5.74, 6) is 1.23. The van der Waals surface area contributed by atoms with Gasteiger partial charge in [0.25, 0.3) is 0 Å². The van der Waals surface area contributed by atoms with Gasteiger partial charge in [-0.1, -0.05) is 45.9 Å². The Balaban J connectivity index is 2.94. The molecule has 0 spiro atoms. The van der Waals surface area contributed by atoms with Crippen molar-refractivity contribution in [3.63, 3.8) is 0 Å². The van der Waals surface area contributed by atoms with Gasteiger partial charge in [0.2, 0.25) is 0 Å². The lowest BCUT2D eigenvalue weighted by Gasteiger charge is -2.08. The van der Waals surface area contributed by atoms with Crippen LogP contribution >= 0.6 is 0 Å². The quantitative estimate of drug-likeness (QED) is 0.827. The topological polar surface area (TPSA) is 24.4 Å². The molecule has 0 amide bonds. The molecular weight excluding hydrogens is 208 g/mol. The Morgan fingerprint density at radius 3 is 2.35 bits per heavy atom. The van der Waals surface area contributed by atoms with Crippen LogP contribution in [0, 0.1) is 11.8 Å². The zero-order chi connectivity index (χ0) is 12.7. The van der Waals surface area contributed by atoms with Gasteiger partial charge >= 0.3 is 0 Å². The number of anilines is 1. The minimum absolute atomic E-state index is 0.596. The number of nitrogens with one attached hydrogen (secondary N) is 1. The average molecular weight is 232 g/mol. The van der Waals surface area contributed by atoms with Crippen LogP contribution in [0.15, 0.2) is 35.3 Å². The molecule has 0 aromatic heterocycles. The molecule has 0 bridgehead atoms. The molecule has 0 aliphatic carbocycles. The zero-order valence-electron chi connectivity index (χ0n) is 11.4. The molecule has 1 aromatic rings. The van der Waals surface area contributed by atoms with Gasteiger partial charge < -0.3 is 5.32 Å². The highest BCUT2D eigenvalue weighted by Crippen LogP contribution is 2.01. The van der Waals surface area contributed by atoms with Crippen LogP contribution in [-0.2, 0) is 0 Å². The van der Waals surface area contributed by atoms with Crippen LogP contribution in [0.4, 0.5) is 5.69 Å². The van der Waals surface area contributed by atoms with Crippen molar-refractivity contribution in [1.82, 2.24) is 0 Å². The van der Waals surface area contributed by atoms with Crippen LogP contribution in [0.25, 0.3) is 0 Å². The largest absolute Gasteiger partial charge is 0.383 e. The average Bonchev–Trinajstić information content (AvgIpc) is 2.48. The van der Waals surface area contributed by atoms with Crippen molar-refractivity contribution in [2.45, 2.75) is 27.7 Å².